The molecule has 0 saturated carbocycles. The average Bonchev–Trinajstić information content (AvgIpc) is 3.15. The predicted octanol–water partition coefficient (Wildman–Crippen LogP) is 2.40. The molecule has 0 spiro atoms. The van der Waals surface area contributed by atoms with Crippen molar-refractivity contribution in [3.05, 3.63) is 23.8 Å². The summed E-state index contributed by atoms with van der Waals surface area (Å²) in [5, 5.41) is 3.36. The van der Waals surface area contributed by atoms with E-state index in [1.807, 2.05) is 19.2 Å². The van der Waals surface area contributed by atoms with Crippen LogP contribution in [0.15, 0.2) is 23.2 Å². The molecular weight excluding hydrogens is 346 g/mol. The number of hydrogen-bond acceptors (Lipinski definition) is 5. The molecule has 0 atom stereocenters. The molecule has 0 amide bonds. The van der Waals surface area contributed by atoms with Crippen molar-refractivity contribution >= 4 is 5.96 Å². The van der Waals surface area contributed by atoms with E-state index < -0.39 is 0 Å². The van der Waals surface area contributed by atoms with Crippen LogP contribution in [-0.4, -0.2) is 63.7 Å². The summed E-state index contributed by atoms with van der Waals surface area (Å²) in [6, 6.07) is 6.06. The fourth-order valence-corrected chi connectivity index (χ4v) is 3.20. The Labute approximate surface area is 161 Å². The molecule has 150 valence electrons. The molecule has 1 N–H and O–H groups in total. The van der Waals surface area contributed by atoms with E-state index in [4.69, 9.17) is 23.9 Å². The second kappa shape index (κ2) is 10.4. The number of benzene rings is 1. The van der Waals surface area contributed by atoms with Crippen molar-refractivity contribution in [3.8, 4) is 11.5 Å². The van der Waals surface area contributed by atoms with E-state index in [1.165, 1.54) is 0 Å². The Bertz CT molecular complexity index is 617. The van der Waals surface area contributed by atoms with Crippen molar-refractivity contribution in [2.45, 2.75) is 38.8 Å². The van der Waals surface area contributed by atoms with Crippen LogP contribution in [0.4, 0.5) is 0 Å². The molecule has 2 aliphatic heterocycles. The van der Waals surface area contributed by atoms with Gasteiger partial charge in [0.2, 0.25) is 6.79 Å². The lowest BCUT2D eigenvalue weighted by Crippen LogP contribution is -2.38. The molecule has 1 fully saturated rings. The van der Waals surface area contributed by atoms with Crippen molar-refractivity contribution in [3.63, 3.8) is 0 Å². The first-order chi connectivity index (χ1) is 13.3. The lowest BCUT2D eigenvalue weighted by molar-refractivity contribution is -0.0318. The molecule has 1 saturated heterocycles. The fourth-order valence-electron chi connectivity index (χ4n) is 3.20. The van der Waals surface area contributed by atoms with Gasteiger partial charge in [0.1, 0.15) is 0 Å². The number of nitrogens with one attached hydrogen (secondary N) is 1. The summed E-state index contributed by atoms with van der Waals surface area (Å²) < 4.78 is 22.1. The molecule has 0 radical (unpaired) electrons. The summed E-state index contributed by atoms with van der Waals surface area (Å²) in [6.45, 7) is 7.10. The molecule has 27 heavy (non-hydrogen) atoms. The zero-order valence-electron chi connectivity index (χ0n) is 16.4. The topological polar surface area (TPSA) is 64.6 Å². The average molecular weight is 377 g/mol. The van der Waals surface area contributed by atoms with Gasteiger partial charge in [-0.25, -0.2) is 0 Å². The van der Waals surface area contributed by atoms with Crippen LogP contribution in [0.1, 0.15) is 31.7 Å². The van der Waals surface area contributed by atoms with E-state index in [-0.39, 0.29) is 0 Å². The normalized spacial score (nSPS) is 17.2. The summed E-state index contributed by atoms with van der Waals surface area (Å²) >= 11 is 0. The van der Waals surface area contributed by atoms with Gasteiger partial charge in [-0.1, -0.05) is 6.07 Å². The minimum atomic E-state index is 0.300. The number of guanidine groups is 1. The summed E-state index contributed by atoms with van der Waals surface area (Å²) in [5.41, 5.74) is 1.16. The van der Waals surface area contributed by atoms with Gasteiger partial charge in [0.25, 0.3) is 0 Å². The first kappa shape index (κ1) is 19.8. The molecule has 2 aliphatic rings. The number of ether oxygens (including phenoxy) is 4. The van der Waals surface area contributed by atoms with Crippen LogP contribution < -0.4 is 14.8 Å². The van der Waals surface area contributed by atoms with Crippen molar-refractivity contribution in [1.29, 1.82) is 0 Å². The van der Waals surface area contributed by atoms with Gasteiger partial charge in [-0.2, -0.15) is 0 Å². The smallest absolute Gasteiger partial charge is 0.231 e. The van der Waals surface area contributed by atoms with Crippen LogP contribution in [0.25, 0.3) is 0 Å². The highest BCUT2D eigenvalue weighted by Crippen LogP contribution is 2.32. The maximum absolute atomic E-state index is 5.91. The largest absolute Gasteiger partial charge is 0.454 e. The van der Waals surface area contributed by atoms with E-state index in [1.54, 1.807) is 0 Å². The number of hydrogen-bond donors (Lipinski definition) is 1. The molecule has 7 nitrogen and oxygen atoms in total. The molecular formula is C20H31N3O4. The molecule has 0 unspecified atom stereocenters. The standard InChI is InChI=1S/C20H31N3O4/c1-3-21-20(22-9-4-10-25-17-7-11-24-12-8-17)23(2)14-16-5-6-18-19(13-16)27-15-26-18/h5-6,13,17H,3-4,7-12,14-15H2,1-2H3,(H,21,22). The maximum atomic E-state index is 5.91. The van der Waals surface area contributed by atoms with Crippen LogP contribution in [0.2, 0.25) is 0 Å². The number of nitrogens with zero attached hydrogens (tertiary/aromatic N) is 2. The lowest BCUT2D eigenvalue weighted by atomic mass is 10.1. The number of rotatable bonds is 8. The Kier molecular flexibility index (Phi) is 7.59. The third-order valence-electron chi connectivity index (χ3n) is 4.64. The third kappa shape index (κ3) is 6.01. The highest BCUT2D eigenvalue weighted by Gasteiger charge is 2.15. The Hall–Kier alpha value is -1.99. The van der Waals surface area contributed by atoms with Crippen molar-refractivity contribution in [2.24, 2.45) is 4.99 Å². The van der Waals surface area contributed by atoms with Crippen LogP contribution in [0, 0.1) is 0 Å². The second-order valence-electron chi connectivity index (χ2n) is 6.82. The Balaban J connectivity index is 1.45. The molecule has 3 rings (SSSR count). The van der Waals surface area contributed by atoms with Crippen molar-refractivity contribution in [1.82, 2.24) is 10.2 Å². The maximum Gasteiger partial charge on any atom is 0.231 e. The van der Waals surface area contributed by atoms with Crippen molar-refractivity contribution < 1.29 is 18.9 Å². The Morgan fingerprint density at radius 1 is 1.26 bits per heavy atom. The Morgan fingerprint density at radius 3 is 2.89 bits per heavy atom. The molecule has 0 aromatic heterocycles. The summed E-state index contributed by atoms with van der Waals surface area (Å²) in [5.74, 6) is 2.53. The van der Waals surface area contributed by atoms with Gasteiger partial charge in [-0.15, -0.1) is 0 Å². The molecule has 2 heterocycles. The van der Waals surface area contributed by atoms with Crippen LogP contribution in [0.3, 0.4) is 0 Å². The van der Waals surface area contributed by atoms with E-state index >= 15 is 0 Å². The summed E-state index contributed by atoms with van der Waals surface area (Å²) in [7, 11) is 2.05. The van der Waals surface area contributed by atoms with Gasteiger partial charge in [-0.3, -0.25) is 4.99 Å². The monoisotopic (exact) mass is 377 g/mol. The van der Waals surface area contributed by atoms with E-state index in [0.717, 1.165) is 81.7 Å². The minimum absolute atomic E-state index is 0.300. The van der Waals surface area contributed by atoms with Gasteiger partial charge < -0.3 is 29.2 Å². The first-order valence-electron chi connectivity index (χ1n) is 9.83. The lowest BCUT2D eigenvalue weighted by Gasteiger charge is -2.23. The second-order valence-corrected chi connectivity index (χ2v) is 6.82. The van der Waals surface area contributed by atoms with E-state index in [0.29, 0.717) is 12.9 Å². The number of fused-ring (bicyclic) bond motifs is 1. The highest BCUT2D eigenvalue weighted by molar-refractivity contribution is 5.79. The SMILES string of the molecule is CCNC(=NCCCOC1CCOCC1)N(C)Cc1ccc2c(c1)OCO2. The quantitative estimate of drug-likeness (QED) is 0.426. The minimum Gasteiger partial charge on any atom is -0.454 e. The molecule has 7 heteroatoms. The molecule has 1 aromatic rings. The molecule has 1 aromatic carbocycles. The fraction of sp³-hybridized carbons (Fsp3) is 0.650. The van der Waals surface area contributed by atoms with Crippen molar-refractivity contribution in [2.75, 3.05) is 46.8 Å². The molecule has 0 aliphatic carbocycles. The predicted molar refractivity (Wildman–Crippen MR) is 104 cm³/mol. The Morgan fingerprint density at radius 2 is 2.07 bits per heavy atom. The summed E-state index contributed by atoms with van der Waals surface area (Å²) in [4.78, 5) is 6.86. The zero-order valence-corrected chi connectivity index (χ0v) is 16.4. The van der Waals surface area contributed by atoms with Gasteiger partial charge in [0.15, 0.2) is 17.5 Å². The molecule has 0 bridgehead atoms. The van der Waals surface area contributed by atoms with E-state index in [2.05, 4.69) is 23.2 Å². The third-order valence-corrected chi connectivity index (χ3v) is 4.64. The zero-order chi connectivity index (χ0) is 18.9. The summed E-state index contributed by atoms with van der Waals surface area (Å²) in [6.07, 6.45) is 3.28. The van der Waals surface area contributed by atoms with E-state index in [9.17, 15) is 0 Å². The van der Waals surface area contributed by atoms with Gasteiger partial charge in [0.05, 0.1) is 6.10 Å². The van der Waals surface area contributed by atoms with Gasteiger partial charge >= 0.3 is 0 Å². The van der Waals surface area contributed by atoms with Crippen LogP contribution in [0.5, 0.6) is 11.5 Å². The van der Waals surface area contributed by atoms with Gasteiger partial charge in [0, 0.05) is 46.5 Å². The van der Waals surface area contributed by atoms with Crippen LogP contribution in [-0.2, 0) is 16.0 Å². The van der Waals surface area contributed by atoms with Gasteiger partial charge in [-0.05, 0) is 43.9 Å². The number of aliphatic imine (C=N–C) groups is 1. The first-order valence-corrected chi connectivity index (χ1v) is 9.83. The highest BCUT2D eigenvalue weighted by atomic mass is 16.7. The van der Waals surface area contributed by atoms with Crippen LogP contribution >= 0.6 is 0 Å².